The summed E-state index contributed by atoms with van der Waals surface area (Å²) < 4.78 is 5.68. The summed E-state index contributed by atoms with van der Waals surface area (Å²) in [4.78, 5) is 0. The van der Waals surface area contributed by atoms with E-state index in [-0.39, 0.29) is 0 Å². The largest absolute Gasteiger partial charge is 0.369 e. The summed E-state index contributed by atoms with van der Waals surface area (Å²) in [5, 5.41) is 0. The Bertz CT molecular complexity index is 376. The second-order valence-electron chi connectivity index (χ2n) is 6.27. The highest BCUT2D eigenvalue weighted by molar-refractivity contribution is 5.12. The first-order valence-electron chi connectivity index (χ1n) is 9.45. The molecule has 0 amide bonds. The summed E-state index contributed by atoms with van der Waals surface area (Å²) in [5.41, 5.74) is 0. The van der Waals surface area contributed by atoms with Gasteiger partial charge in [0.1, 0.15) is 0 Å². The first kappa shape index (κ1) is 19.1. The summed E-state index contributed by atoms with van der Waals surface area (Å²) in [6.07, 6.45) is 17.3. The summed E-state index contributed by atoms with van der Waals surface area (Å²) in [6, 6.07) is 0. The first-order chi connectivity index (χ1) is 10.9. The lowest BCUT2D eigenvalue weighted by Crippen LogP contribution is -1.93. The third kappa shape index (κ3) is 10.8. The molecule has 0 aliphatic carbocycles. The van der Waals surface area contributed by atoms with Crippen LogP contribution >= 0.6 is 0 Å². The SMILES string of the molecule is CCC#CCC#CC[C@@H]1O[C@@H]1CCCCCCCCCCC. The van der Waals surface area contributed by atoms with Crippen LogP contribution in [-0.4, -0.2) is 12.2 Å². The average molecular weight is 303 g/mol. The highest BCUT2D eigenvalue weighted by Gasteiger charge is 2.36. The van der Waals surface area contributed by atoms with Crippen molar-refractivity contribution in [2.75, 3.05) is 0 Å². The highest BCUT2D eigenvalue weighted by atomic mass is 16.6. The van der Waals surface area contributed by atoms with E-state index in [0.717, 1.165) is 12.8 Å². The van der Waals surface area contributed by atoms with Gasteiger partial charge in [0, 0.05) is 12.8 Å². The number of epoxide rings is 1. The minimum atomic E-state index is 0.417. The smallest absolute Gasteiger partial charge is 0.0950 e. The normalized spacial score (nSPS) is 19.0. The lowest BCUT2D eigenvalue weighted by Gasteiger charge is -2.01. The van der Waals surface area contributed by atoms with Crippen molar-refractivity contribution in [3.8, 4) is 23.7 Å². The maximum Gasteiger partial charge on any atom is 0.0950 e. The second-order valence-corrected chi connectivity index (χ2v) is 6.27. The predicted molar refractivity (Wildman–Crippen MR) is 95.6 cm³/mol. The maximum absolute atomic E-state index is 5.68. The Labute approximate surface area is 138 Å². The van der Waals surface area contributed by atoms with E-state index < -0.39 is 0 Å². The van der Waals surface area contributed by atoms with Gasteiger partial charge >= 0.3 is 0 Å². The molecule has 22 heavy (non-hydrogen) atoms. The van der Waals surface area contributed by atoms with Crippen LogP contribution in [0, 0.1) is 23.7 Å². The van der Waals surface area contributed by atoms with Gasteiger partial charge in [0.2, 0.25) is 0 Å². The van der Waals surface area contributed by atoms with Crippen LogP contribution < -0.4 is 0 Å². The van der Waals surface area contributed by atoms with E-state index in [9.17, 15) is 0 Å². The third-order valence-electron chi connectivity index (χ3n) is 4.19. The van der Waals surface area contributed by atoms with Crippen molar-refractivity contribution >= 4 is 0 Å². The number of ether oxygens (including phenoxy) is 1. The van der Waals surface area contributed by atoms with Crippen LogP contribution in [0.1, 0.15) is 97.3 Å². The molecule has 1 aliphatic heterocycles. The number of unbranched alkanes of at least 4 members (excludes halogenated alkanes) is 8. The van der Waals surface area contributed by atoms with Gasteiger partial charge in [0.25, 0.3) is 0 Å². The quantitative estimate of drug-likeness (QED) is 0.264. The van der Waals surface area contributed by atoms with Gasteiger partial charge in [-0.1, -0.05) is 89.4 Å². The summed E-state index contributed by atoms with van der Waals surface area (Å²) >= 11 is 0. The number of hydrogen-bond acceptors (Lipinski definition) is 1. The molecule has 1 rings (SSSR count). The Hall–Kier alpha value is -0.920. The molecule has 0 spiro atoms. The zero-order valence-corrected chi connectivity index (χ0v) is 14.8. The zero-order chi connectivity index (χ0) is 15.9. The van der Waals surface area contributed by atoms with E-state index in [2.05, 4.69) is 37.5 Å². The summed E-state index contributed by atoms with van der Waals surface area (Å²) in [6.45, 7) is 4.34. The summed E-state index contributed by atoms with van der Waals surface area (Å²) in [5.74, 6) is 12.4. The zero-order valence-electron chi connectivity index (χ0n) is 14.8. The van der Waals surface area contributed by atoms with Crippen LogP contribution in [0.15, 0.2) is 0 Å². The van der Waals surface area contributed by atoms with Crippen LogP contribution in [0.2, 0.25) is 0 Å². The Morgan fingerprint density at radius 1 is 0.682 bits per heavy atom. The van der Waals surface area contributed by atoms with Gasteiger partial charge in [-0.15, -0.1) is 5.92 Å². The van der Waals surface area contributed by atoms with Crippen LogP contribution in [0.5, 0.6) is 0 Å². The molecular formula is C21H34O. The van der Waals surface area contributed by atoms with E-state index in [1.807, 2.05) is 0 Å². The Morgan fingerprint density at radius 2 is 1.32 bits per heavy atom. The Balaban J connectivity index is 1.84. The van der Waals surface area contributed by atoms with E-state index in [1.165, 1.54) is 64.2 Å². The first-order valence-corrected chi connectivity index (χ1v) is 9.45. The van der Waals surface area contributed by atoms with E-state index >= 15 is 0 Å². The topological polar surface area (TPSA) is 12.5 Å². The van der Waals surface area contributed by atoms with Gasteiger partial charge in [-0.2, -0.15) is 0 Å². The standard InChI is InChI=1S/C21H34O/c1-3-5-7-9-11-12-13-15-17-19-21-20(22-21)18-16-14-10-8-6-4-2/h20-21H,3-5,7,9-13,15,17-19H2,1-2H3/t20-,21+/m0/s1. The average Bonchev–Trinajstić information content (AvgIpc) is 3.27. The maximum atomic E-state index is 5.68. The van der Waals surface area contributed by atoms with Crippen molar-refractivity contribution in [1.82, 2.24) is 0 Å². The monoisotopic (exact) mass is 302 g/mol. The molecule has 1 nitrogen and oxygen atoms in total. The fraction of sp³-hybridized carbons (Fsp3) is 0.810. The Morgan fingerprint density at radius 3 is 2.00 bits per heavy atom. The molecule has 1 fully saturated rings. The van der Waals surface area contributed by atoms with Crippen LogP contribution in [0.25, 0.3) is 0 Å². The second kappa shape index (κ2) is 13.7. The molecule has 124 valence electrons. The van der Waals surface area contributed by atoms with E-state index in [4.69, 9.17) is 4.74 Å². The van der Waals surface area contributed by atoms with Gasteiger partial charge in [-0.25, -0.2) is 0 Å². The van der Waals surface area contributed by atoms with Crippen molar-refractivity contribution < 1.29 is 4.74 Å². The Kier molecular flexibility index (Phi) is 11.9. The van der Waals surface area contributed by atoms with Crippen molar-refractivity contribution in [3.63, 3.8) is 0 Å². The number of rotatable bonds is 11. The summed E-state index contributed by atoms with van der Waals surface area (Å²) in [7, 11) is 0. The van der Waals surface area contributed by atoms with E-state index in [0.29, 0.717) is 18.6 Å². The van der Waals surface area contributed by atoms with Gasteiger partial charge < -0.3 is 4.74 Å². The molecule has 1 heteroatoms. The van der Waals surface area contributed by atoms with Gasteiger partial charge in [0.05, 0.1) is 18.6 Å². The molecule has 1 heterocycles. The molecule has 1 saturated heterocycles. The molecule has 0 unspecified atom stereocenters. The molecule has 0 aromatic heterocycles. The molecule has 1 aliphatic rings. The van der Waals surface area contributed by atoms with Gasteiger partial charge in [-0.3, -0.25) is 0 Å². The minimum absolute atomic E-state index is 0.417. The number of hydrogen-bond donors (Lipinski definition) is 0. The molecule has 0 saturated carbocycles. The molecule has 0 radical (unpaired) electrons. The molecular weight excluding hydrogens is 268 g/mol. The van der Waals surface area contributed by atoms with E-state index in [1.54, 1.807) is 0 Å². The van der Waals surface area contributed by atoms with Gasteiger partial charge in [0.15, 0.2) is 0 Å². The minimum Gasteiger partial charge on any atom is -0.369 e. The lowest BCUT2D eigenvalue weighted by molar-refractivity contribution is 0.359. The molecule has 0 aromatic carbocycles. The molecule has 0 N–H and O–H groups in total. The third-order valence-corrected chi connectivity index (χ3v) is 4.19. The highest BCUT2D eigenvalue weighted by Crippen LogP contribution is 2.29. The van der Waals surface area contributed by atoms with Crippen LogP contribution in [-0.2, 0) is 4.74 Å². The van der Waals surface area contributed by atoms with Crippen molar-refractivity contribution in [2.24, 2.45) is 0 Å². The molecule has 0 aromatic rings. The fourth-order valence-electron chi connectivity index (χ4n) is 2.74. The molecule has 2 atom stereocenters. The van der Waals surface area contributed by atoms with Crippen LogP contribution in [0.4, 0.5) is 0 Å². The fourth-order valence-corrected chi connectivity index (χ4v) is 2.74. The van der Waals surface area contributed by atoms with Crippen molar-refractivity contribution in [2.45, 2.75) is 110 Å². The molecule has 0 bridgehead atoms. The van der Waals surface area contributed by atoms with Crippen LogP contribution in [0.3, 0.4) is 0 Å². The predicted octanol–water partition coefficient (Wildman–Crippen LogP) is 5.87. The lowest BCUT2D eigenvalue weighted by atomic mass is 10.0. The van der Waals surface area contributed by atoms with Crippen molar-refractivity contribution in [3.05, 3.63) is 0 Å². The van der Waals surface area contributed by atoms with Gasteiger partial charge in [-0.05, 0) is 6.42 Å². The van der Waals surface area contributed by atoms with Crippen molar-refractivity contribution in [1.29, 1.82) is 0 Å².